The van der Waals surface area contributed by atoms with E-state index >= 15 is 0 Å². The van der Waals surface area contributed by atoms with Gasteiger partial charge in [-0.2, -0.15) is 0 Å². The molecule has 0 spiro atoms. The van der Waals surface area contributed by atoms with Crippen molar-refractivity contribution in [1.29, 1.82) is 5.41 Å². The molecule has 0 aromatic rings. The van der Waals surface area contributed by atoms with Gasteiger partial charge in [-0.1, -0.05) is 0 Å². The Morgan fingerprint density at radius 2 is 1.21 bits per heavy atom. The fourth-order valence-corrected chi connectivity index (χ4v) is 2.04. The summed E-state index contributed by atoms with van der Waals surface area (Å²) in [6.45, 7) is 5.63. The average Bonchev–Trinajstić information content (AvgIpc) is 2.72. The van der Waals surface area contributed by atoms with E-state index in [1.165, 1.54) is 0 Å². The summed E-state index contributed by atoms with van der Waals surface area (Å²) < 4.78 is 42.1. The van der Waals surface area contributed by atoms with Gasteiger partial charge in [0.25, 0.3) is 0 Å². The van der Waals surface area contributed by atoms with Gasteiger partial charge in [0.15, 0.2) is 0 Å². The van der Waals surface area contributed by atoms with Gasteiger partial charge >= 0.3 is 11.9 Å². The largest absolute Gasteiger partial charge is 0.461 e. The molecule has 1 unspecified atom stereocenters. The predicted octanol–water partition coefficient (Wildman–Crippen LogP) is -0.406. The highest BCUT2D eigenvalue weighted by Crippen LogP contribution is 1.99. The van der Waals surface area contributed by atoms with Crippen molar-refractivity contribution < 1.29 is 47.5 Å². The summed E-state index contributed by atoms with van der Waals surface area (Å²) in [4.78, 5) is 23.2. The van der Waals surface area contributed by atoms with Gasteiger partial charge in [-0.3, -0.25) is 5.41 Å². The molecule has 168 valence electrons. The lowest BCUT2D eigenvalue weighted by Gasteiger charge is -2.18. The highest BCUT2D eigenvalue weighted by Gasteiger charge is 2.23. The predicted molar refractivity (Wildman–Crippen MR) is 99.2 cm³/mol. The smallest absolute Gasteiger partial charge is 0.363 e. The molecule has 0 amide bonds. The number of rotatable bonds is 5. The minimum Gasteiger partial charge on any atom is -0.461 e. The van der Waals surface area contributed by atoms with Crippen molar-refractivity contribution >= 4 is 17.7 Å². The van der Waals surface area contributed by atoms with Crippen molar-refractivity contribution in [2.45, 2.75) is 13.0 Å². The van der Waals surface area contributed by atoms with Crippen molar-refractivity contribution in [3.05, 3.63) is 0 Å². The summed E-state index contributed by atoms with van der Waals surface area (Å²) in [6.07, 6.45) is -0.587. The van der Waals surface area contributed by atoms with Gasteiger partial charge in [0, 0.05) is 0 Å². The standard InChI is InChI=1S/C18H31NO10/c1-2-27-17(20)16(19)18(21)29-14-15-13-26-10-9-24-6-5-22-3-4-23-7-8-25-11-12-28-15/h15,19H,2-14H2,1H3. The molecule has 11 nitrogen and oxygen atoms in total. The first-order valence-corrected chi connectivity index (χ1v) is 9.58. The number of nitrogens with one attached hydrogen (secondary N) is 1. The lowest BCUT2D eigenvalue weighted by atomic mass is 10.3. The average molecular weight is 421 g/mol. The molecule has 1 atom stereocenters. The molecule has 1 N–H and O–H groups in total. The van der Waals surface area contributed by atoms with Gasteiger partial charge in [0.1, 0.15) is 12.7 Å². The minimum atomic E-state index is -1.08. The normalized spacial score (nSPS) is 21.3. The zero-order valence-electron chi connectivity index (χ0n) is 16.9. The van der Waals surface area contributed by atoms with Gasteiger partial charge in [-0.15, -0.1) is 0 Å². The molecule has 11 heteroatoms. The van der Waals surface area contributed by atoms with E-state index in [0.29, 0.717) is 59.5 Å². The summed E-state index contributed by atoms with van der Waals surface area (Å²) in [6, 6.07) is 0. The third kappa shape index (κ3) is 13.3. The Morgan fingerprint density at radius 1 is 0.759 bits per heavy atom. The maximum Gasteiger partial charge on any atom is 0.363 e. The lowest BCUT2D eigenvalue weighted by Crippen LogP contribution is -2.33. The molecule has 0 radical (unpaired) electrons. The van der Waals surface area contributed by atoms with Crippen LogP contribution in [-0.4, -0.2) is 110 Å². The van der Waals surface area contributed by atoms with Gasteiger partial charge in [0.2, 0.25) is 5.71 Å². The van der Waals surface area contributed by atoms with Crippen LogP contribution in [0.15, 0.2) is 0 Å². The Kier molecular flexibility index (Phi) is 15.1. The van der Waals surface area contributed by atoms with E-state index in [1.54, 1.807) is 6.92 Å². The van der Waals surface area contributed by atoms with Crippen LogP contribution in [0.5, 0.6) is 0 Å². The van der Waals surface area contributed by atoms with Crippen molar-refractivity contribution in [2.24, 2.45) is 0 Å². The lowest BCUT2D eigenvalue weighted by molar-refractivity contribution is -0.145. The van der Waals surface area contributed by atoms with Crippen LogP contribution in [0.3, 0.4) is 0 Å². The molecule has 0 aromatic carbocycles. The summed E-state index contributed by atoms with van der Waals surface area (Å²) >= 11 is 0. The van der Waals surface area contributed by atoms with E-state index < -0.39 is 23.8 Å². The zero-order valence-corrected chi connectivity index (χ0v) is 16.9. The SMILES string of the molecule is CCOC(=O)C(=N)C(=O)OCC1COCCOCCOCCOCCOCCO1. The molecular weight excluding hydrogens is 390 g/mol. The summed E-state index contributed by atoms with van der Waals surface area (Å²) in [5.74, 6) is -2.11. The van der Waals surface area contributed by atoms with Crippen LogP contribution >= 0.6 is 0 Å². The van der Waals surface area contributed by atoms with Crippen molar-refractivity contribution in [3.63, 3.8) is 0 Å². The van der Waals surface area contributed by atoms with E-state index in [-0.39, 0.29) is 26.4 Å². The first-order valence-electron chi connectivity index (χ1n) is 9.58. The van der Waals surface area contributed by atoms with Crippen LogP contribution in [0.25, 0.3) is 0 Å². The van der Waals surface area contributed by atoms with Crippen LogP contribution in [0.1, 0.15) is 6.92 Å². The first kappa shape index (κ1) is 25.4. The molecule has 1 aliphatic heterocycles. The number of esters is 2. The Hall–Kier alpha value is -1.63. The van der Waals surface area contributed by atoms with Crippen LogP contribution in [0.4, 0.5) is 0 Å². The number of carbonyl (C=O) groups excluding carboxylic acids is 2. The monoisotopic (exact) mass is 421 g/mol. The Bertz CT molecular complexity index is 456. The Balaban J connectivity index is 2.40. The summed E-state index contributed by atoms with van der Waals surface area (Å²) in [5, 5.41) is 7.45. The summed E-state index contributed by atoms with van der Waals surface area (Å²) in [5.41, 5.74) is -0.869. The second-order valence-corrected chi connectivity index (χ2v) is 5.71. The fraction of sp³-hybridized carbons (Fsp3) is 0.833. The molecule has 29 heavy (non-hydrogen) atoms. The van der Waals surface area contributed by atoms with Crippen molar-refractivity contribution in [3.8, 4) is 0 Å². The highest BCUT2D eigenvalue weighted by atomic mass is 16.6. The molecule has 1 aliphatic rings. The number of hydrogen-bond acceptors (Lipinski definition) is 11. The Morgan fingerprint density at radius 3 is 1.72 bits per heavy atom. The minimum absolute atomic E-state index is 0.0628. The number of ether oxygens (including phenoxy) is 8. The van der Waals surface area contributed by atoms with Crippen LogP contribution < -0.4 is 0 Å². The number of carbonyl (C=O) groups is 2. The van der Waals surface area contributed by atoms with E-state index in [2.05, 4.69) is 4.74 Å². The van der Waals surface area contributed by atoms with Gasteiger partial charge in [0.05, 0.1) is 79.3 Å². The number of hydrogen-bond donors (Lipinski definition) is 1. The maximum absolute atomic E-state index is 11.8. The van der Waals surface area contributed by atoms with Crippen LogP contribution in [0.2, 0.25) is 0 Å². The molecule has 1 fully saturated rings. The van der Waals surface area contributed by atoms with E-state index in [1.807, 2.05) is 0 Å². The van der Waals surface area contributed by atoms with Gasteiger partial charge in [-0.25, -0.2) is 9.59 Å². The maximum atomic E-state index is 11.8. The van der Waals surface area contributed by atoms with Crippen LogP contribution in [-0.2, 0) is 47.5 Å². The highest BCUT2D eigenvalue weighted by molar-refractivity contribution is 6.61. The quantitative estimate of drug-likeness (QED) is 0.355. The topological polar surface area (TPSA) is 132 Å². The molecule has 0 saturated carbocycles. The van der Waals surface area contributed by atoms with Crippen molar-refractivity contribution in [1.82, 2.24) is 0 Å². The third-order valence-electron chi connectivity index (χ3n) is 3.46. The van der Waals surface area contributed by atoms with E-state index in [9.17, 15) is 9.59 Å². The fourth-order valence-electron chi connectivity index (χ4n) is 2.04. The van der Waals surface area contributed by atoms with E-state index in [4.69, 9.17) is 38.6 Å². The molecular formula is C18H31NO10. The molecule has 0 bridgehead atoms. The third-order valence-corrected chi connectivity index (χ3v) is 3.46. The van der Waals surface area contributed by atoms with Gasteiger partial charge in [-0.05, 0) is 6.92 Å². The first-order chi connectivity index (χ1) is 14.1. The summed E-state index contributed by atoms with van der Waals surface area (Å²) in [7, 11) is 0. The molecule has 1 rings (SSSR count). The second kappa shape index (κ2) is 17.2. The Labute approximate surface area is 170 Å². The van der Waals surface area contributed by atoms with Gasteiger partial charge < -0.3 is 37.9 Å². The van der Waals surface area contributed by atoms with Crippen molar-refractivity contribution in [2.75, 3.05) is 85.9 Å². The van der Waals surface area contributed by atoms with Crippen LogP contribution in [0, 0.1) is 5.41 Å². The second-order valence-electron chi connectivity index (χ2n) is 5.71. The molecule has 0 aromatic heterocycles. The zero-order chi connectivity index (χ0) is 21.2. The molecule has 1 heterocycles. The van der Waals surface area contributed by atoms with E-state index in [0.717, 1.165) is 0 Å². The molecule has 0 aliphatic carbocycles. The molecule has 1 saturated heterocycles.